The highest BCUT2D eigenvalue weighted by Gasteiger charge is 2.16. The van der Waals surface area contributed by atoms with Gasteiger partial charge in [-0.2, -0.15) is 0 Å². The first kappa shape index (κ1) is 17.3. The van der Waals surface area contributed by atoms with E-state index < -0.39 is 0 Å². The molecule has 0 unspecified atom stereocenters. The van der Waals surface area contributed by atoms with Crippen molar-refractivity contribution in [2.75, 3.05) is 7.11 Å². The van der Waals surface area contributed by atoms with Crippen molar-refractivity contribution in [3.05, 3.63) is 71.7 Å². The summed E-state index contributed by atoms with van der Waals surface area (Å²) >= 11 is 0. The van der Waals surface area contributed by atoms with Crippen LogP contribution < -0.4 is 4.74 Å². The molecule has 3 heteroatoms. The summed E-state index contributed by atoms with van der Waals surface area (Å²) in [6, 6.07) is 16.9. The van der Waals surface area contributed by atoms with Crippen LogP contribution >= 0.6 is 0 Å². The number of nitrogens with zero attached hydrogens (tertiary/aromatic N) is 2. The topological polar surface area (TPSA) is 27.1 Å². The van der Waals surface area contributed by atoms with E-state index in [1.165, 1.54) is 23.2 Å². The van der Waals surface area contributed by atoms with Crippen LogP contribution in [0.5, 0.6) is 5.75 Å². The molecule has 0 saturated carbocycles. The van der Waals surface area contributed by atoms with Gasteiger partial charge in [-0.15, -0.1) is 0 Å². The van der Waals surface area contributed by atoms with Gasteiger partial charge in [0.2, 0.25) is 0 Å². The van der Waals surface area contributed by atoms with Crippen LogP contribution in [0.25, 0.3) is 11.3 Å². The van der Waals surface area contributed by atoms with Crippen LogP contribution in [-0.4, -0.2) is 16.7 Å². The molecule has 3 rings (SSSR count). The van der Waals surface area contributed by atoms with Crippen LogP contribution in [0, 0.1) is 6.92 Å². The Hall–Kier alpha value is -2.55. The number of rotatable bonds is 7. The van der Waals surface area contributed by atoms with Gasteiger partial charge in [-0.25, -0.2) is 4.98 Å². The molecule has 0 radical (unpaired) electrons. The molecule has 3 nitrogen and oxygen atoms in total. The molecule has 0 aliphatic carbocycles. The van der Waals surface area contributed by atoms with Gasteiger partial charge in [-0.3, -0.25) is 0 Å². The fourth-order valence-electron chi connectivity index (χ4n) is 3.11. The molecule has 1 aromatic heterocycles. The Morgan fingerprint density at radius 3 is 2.52 bits per heavy atom. The van der Waals surface area contributed by atoms with E-state index in [0.29, 0.717) is 0 Å². The molecular weight excluding hydrogens is 308 g/mol. The monoisotopic (exact) mass is 334 g/mol. The minimum atomic E-state index is 0.849. The van der Waals surface area contributed by atoms with E-state index >= 15 is 0 Å². The van der Waals surface area contributed by atoms with Gasteiger partial charge in [-0.05, 0) is 37.5 Å². The molecule has 0 aliphatic rings. The van der Waals surface area contributed by atoms with Gasteiger partial charge in [0, 0.05) is 17.8 Å². The molecule has 130 valence electrons. The molecule has 3 aromatic rings. The largest absolute Gasteiger partial charge is 0.496 e. The highest BCUT2D eigenvalue weighted by Crippen LogP contribution is 2.32. The Morgan fingerprint density at radius 2 is 1.80 bits per heavy atom. The molecule has 1 heterocycles. The van der Waals surface area contributed by atoms with E-state index in [-0.39, 0.29) is 0 Å². The Labute approximate surface area is 150 Å². The van der Waals surface area contributed by atoms with Crippen molar-refractivity contribution < 1.29 is 4.74 Å². The minimum absolute atomic E-state index is 0.849. The van der Waals surface area contributed by atoms with Crippen molar-refractivity contribution in [2.45, 2.75) is 39.7 Å². The van der Waals surface area contributed by atoms with E-state index in [4.69, 9.17) is 9.72 Å². The lowest BCUT2D eigenvalue weighted by molar-refractivity contribution is 0.416. The lowest BCUT2D eigenvalue weighted by Crippen LogP contribution is -2.04. The Balaban J connectivity index is 1.99. The maximum atomic E-state index is 5.55. The van der Waals surface area contributed by atoms with E-state index in [1.54, 1.807) is 7.11 Å². The highest BCUT2D eigenvalue weighted by atomic mass is 16.5. The van der Waals surface area contributed by atoms with E-state index in [0.717, 1.165) is 36.4 Å². The number of unbranched alkanes of at least 4 members (excludes halogenated alkanes) is 1. The third kappa shape index (κ3) is 3.93. The van der Waals surface area contributed by atoms with Gasteiger partial charge >= 0.3 is 0 Å². The van der Waals surface area contributed by atoms with Crippen LogP contribution in [0.15, 0.2) is 54.9 Å². The normalized spacial score (nSPS) is 10.8. The fraction of sp³-hybridized carbons (Fsp3) is 0.318. The third-order valence-electron chi connectivity index (χ3n) is 4.55. The third-order valence-corrected chi connectivity index (χ3v) is 4.55. The predicted molar refractivity (Wildman–Crippen MR) is 103 cm³/mol. The van der Waals surface area contributed by atoms with Gasteiger partial charge in [0.15, 0.2) is 0 Å². The lowest BCUT2D eigenvalue weighted by atomic mass is 10.1. The van der Waals surface area contributed by atoms with Gasteiger partial charge in [0.05, 0.1) is 19.1 Å². The van der Waals surface area contributed by atoms with E-state index in [2.05, 4.69) is 48.7 Å². The molecule has 0 fully saturated rings. The molecule has 0 bridgehead atoms. The average Bonchev–Trinajstić information content (AvgIpc) is 3.04. The van der Waals surface area contributed by atoms with Crippen LogP contribution in [0.2, 0.25) is 0 Å². The number of aromatic nitrogens is 2. The first-order chi connectivity index (χ1) is 12.2. The first-order valence-corrected chi connectivity index (χ1v) is 8.96. The van der Waals surface area contributed by atoms with E-state index in [1.807, 2.05) is 24.5 Å². The van der Waals surface area contributed by atoms with Crippen molar-refractivity contribution in [1.82, 2.24) is 9.55 Å². The second kappa shape index (κ2) is 8.02. The Morgan fingerprint density at radius 1 is 1.04 bits per heavy atom. The molecule has 0 N–H and O–H groups in total. The number of benzene rings is 2. The van der Waals surface area contributed by atoms with Gasteiger partial charge in [0.25, 0.3) is 0 Å². The van der Waals surface area contributed by atoms with Crippen molar-refractivity contribution in [3.63, 3.8) is 0 Å². The molecule has 0 amide bonds. The summed E-state index contributed by atoms with van der Waals surface area (Å²) in [4.78, 5) is 4.74. The molecular formula is C22H26N2O. The minimum Gasteiger partial charge on any atom is -0.496 e. The van der Waals surface area contributed by atoms with Crippen LogP contribution in [0.4, 0.5) is 0 Å². The van der Waals surface area contributed by atoms with Gasteiger partial charge in [0.1, 0.15) is 5.75 Å². The van der Waals surface area contributed by atoms with Gasteiger partial charge in [-0.1, -0.05) is 55.3 Å². The number of para-hydroxylation sites is 1. The van der Waals surface area contributed by atoms with Crippen molar-refractivity contribution in [2.24, 2.45) is 0 Å². The summed E-state index contributed by atoms with van der Waals surface area (Å²) in [5.41, 5.74) is 5.98. The quantitative estimate of drug-likeness (QED) is 0.589. The number of methoxy groups -OCH3 is 1. The van der Waals surface area contributed by atoms with Crippen molar-refractivity contribution >= 4 is 0 Å². The molecule has 0 spiro atoms. The van der Waals surface area contributed by atoms with E-state index in [9.17, 15) is 0 Å². The Kier molecular flexibility index (Phi) is 5.54. The molecule has 2 aromatic carbocycles. The van der Waals surface area contributed by atoms with Crippen LogP contribution in [-0.2, 0) is 13.0 Å². The number of imidazole rings is 1. The highest BCUT2D eigenvalue weighted by molar-refractivity contribution is 5.69. The SMILES string of the molecule is CCCCc1c(-c2ccccc2OC)ncn1Cc1ccc(C)cc1. The van der Waals surface area contributed by atoms with Gasteiger partial charge < -0.3 is 9.30 Å². The maximum absolute atomic E-state index is 5.55. The predicted octanol–water partition coefficient (Wildman–Crippen LogP) is 5.26. The number of aryl methyl sites for hydroxylation is 1. The van der Waals surface area contributed by atoms with Crippen LogP contribution in [0.3, 0.4) is 0 Å². The smallest absolute Gasteiger partial charge is 0.128 e. The second-order valence-corrected chi connectivity index (χ2v) is 6.46. The zero-order valence-electron chi connectivity index (χ0n) is 15.3. The fourth-order valence-corrected chi connectivity index (χ4v) is 3.11. The molecule has 0 saturated heterocycles. The summed E-state index contributed by atoms with van der Waals surface area (Å²) in [5, 5.41) is 0. The number of ether oxygens (including phenoxy) is 1. The summed E-state index contributed by atoms with van der Waals surface area (Å²) in [7, 11) is 1.72. The zero-order chi connectivity index (χ0) is 17.6. The second-order valence-electron chi connectivity index (χ2n) is 6.46. The first-order valence-electron chi connectivity index (χ1n) is 8.96. The molecule has 25 heavy (non-hydrogen) atoms. The lowest BCUT2D eigenvalue weighted by Gasteiger charge is -2.12. The summed E-state index contributed by atoms with van der Waals surface area (Å²) in [6.07, 6.45) is 5.31. The molecule has 0 atom stereocenters. The zero-order valence-corrected chi connectivity index (χ0v) is 15.3. The number of hydrogen-bond donors (Lipinski definition) is 0. The average molecular weight is 334 g/mol. The maximum Gasteiger partial charge on any atom is 0.128 e. The summed E-state index contributed by atoms with van der Waals surface area (Å²) in [5.74, 6) is 0.876. The summed E-state index contributed by atoms with van der Waals surface area (Å²) in [6.45, 7) is 5.19. The van der Waals surface area contributed by atoms with Crippen molar-refractivity contribution in [3.8, 4) is 17.0 Å². The Bertz CT molecular complexity index is 818. The standard InChI is InChI=1S/C22H26N2O/c1-4-5-9-20-22(19-8-6-7-10-21(19)25-3)23-16-24(20)15-18-13-11-17(2)12-14-18/h6-8,10-14,16H,4-5,9,15H2,1-3H3. The summed E-state index contributed by atoms with van der Waals surface area (Å²) < 4.78 is 7.83. The molecule has 0 aliphatic heterocycles. The van der Waals surface area contributed by atoms with Crippen LogP contribution in [0.1, 0.15) is 36.6 Å². The van der Waals surface area contributed by atoms with Crippen molar-refractivity contribution in [1.29, 1.82) is 0 Å². The number of hydrogen-bond acceptors (Lipinski definition) is 2.